The maximum absolute atomic E-state index is 12.1. The number of nitrogens with one attached hydrogen (secondary N) is 1. The molecule has 0 amide bonds. The summed E-state index contributed by atoms with van der Waals surface area (Å²) < 4.78 is 0. The molecule has 5 nitrogen and oxygen atoms in total. The van der Waals surface area contributed by atoms with Gasteiger partial charge in [-0.15, -0.1) is 0 Å². The van der Waals surface area contributed by atoms with Crippen LogP contribution in [-0.2, 0) is 4.79 Å². The van der Waals surface area contributed by atoms with Crippen LogP contribution in [0.15, 0.2) is 24.3 Å². The predicted molar refractivity (Wildman–Crippen MR) is 78.8 cm³/mol. The lowest BCUT2D eigenvalue weighted by Gasteiger charge is -2.12. The minimum Gasteiger partial charge on any atom is -0.481 e. The molecule has 0 radical (unpaired) electrons. The average molecular weight is 278 g/mol. The number of nitrogens with two attached hydrogens (primary N) is 1. The Bertz CT molecular complexity index is 443. The normalized spacial score (nSPS) is 12.1. The third kappa shape index (κ3) is 5.84. The summed E-state index contributed by atoms with van der Waals surface area (Å²) in [6, 6.07) is 6.63. The Balaban J connectivity index is 2.25. The number of carbonyl (C=O) groups excluding carboxylic acids is 1. The number of carboxylic acids is 1. The predicted octanol–water partition coefficient (Wildman–Crippen LogP) is 2.07. The number of ketones is 1. The average Bonchev–Trinajstić information content (AvgIpc) is 2.42. The number of aliphatic carboxylic acids is 1. The first-order valence-corrected chi connectivity index (χ1v) is 6.85. The molecule has 5 heteroatoms. The zero-order valence-electron chi connectivity index (χ0n) is 11.8. The van der Waals surface area contributed by atoms with Crippen LogP contribution in [0.2, 0.25) is 0 Å². The van der Waals surface area contributed by atoms with Crippen molar-refractivity contribution < 1.29 is 14.7 Å². The quantitative estimate of drug-likeness (QED) is 0.365. The van der Waals surface area contributed by atoms with Gasteiger partial charge >= 0.3 is 5.97 Å². The molecule has 0 bridgehead atoms. The van der Waals surface area contributed by atoms with E-state index in [2.05, 4.69) is 5.32 Å². The van der Waals surface area contributed by atoms with Gasteiger partial charge in [0.05, 0.1) is 6.04 Å². The van der Waals surface area contributed by atoms with Gasteiger partial charge in [-0.2, -0.15) is 0 Å². The van der Waals surface area contributed by atoms with E-state index in [1.54, 1.807) is 24.3 Å². The van der Waals surface area contributed by atoms with Crippen LogP contribution in [0.5, 0.6) is 0 Å². The number of rotatable bonds is 9. The first kappa shape index (κ1) is 16.2. The molecule has 0 aliphatic carbocycles. The second-order valence-electron chi connectivity index (χ2n) is 4.87. The molecule has 1 unspecified atom stereocenters. The topological polar surface area (TPSA) is 92.4 Å². The lowest BCUT2D eigenvalue weighted by Crippen LogP contribution is -2.34. The first-order valence-electron chi connectivity index (χ1n) is 6.85. The van der Waals surface area contributed by atoms with Gasteiger partial charge in [-0.25, -0.2) is 0 Å². The Morgan fingerprint density at radius 1 is 1.20 bits per heavy atom. The van der Waals surface area contributed by atoms with Crippen LogP contribution in [0.25, 0.3) is 0 Å². The minimum atomic E-state index is -0.759. The van der Waals surface area contributed by atoms with Crippen molar-refractivity contribution in [2.75, 3.05) is 12.3 Å². The van der Waals surface area contributed by atoms with E-state index in [9.17, 15) is 9.59 Å². The van der Waals surface area contributed by atoms with E-state index in [-0.39, 0.29) is 18.2 Å². The summed E-state index contributed by atoms with van der Waals surface area (Å²) in [6.07, 6.45) is 2.60. The number of carbonyl (C=O) groups is 2. The van der Waals surface area contributed by atoms with Crippen LogP contribution < -0.4 is 11.1 Å². The van der Waals surface area contributed by atoms with Crippen LogP contribution in [0.3, 0.4) is 0 Å². The van der Waals surface area contributed by atoms with E-state index in [4.69, 9.17) is 10.8 Å². The van der Waals surface area contributed by atoms with Crippen LogP contribution in [-0.4, -0.2) is 29.4 Å². The molecule has 1 rings (SSSR count). The highest BCUT2D eigenvalue weighted by Gasteiger charge is 2.13. The van der Waals surface area contributed by atoms with Gasteiger partial charge in [-0.05, 0) is 50.6 Å². The summed E-state index contributed by atoms with van der Waals surface area (Å²) in [5.41, 5.74) is 6.87. The Morgan fingerprint density at radius 3 is 2.45 bits per heavy atom. The second-order valence-corrected chi connectivity index (χ2v) is 4.87. The van der Waals surface area contributed by atoms with E-state index < -0.39 is 5.97 Å². The molecule has 4 N–H and O–H groups in total. The highest BCUT2D eigenvalue weighted by Crippen LogP contribution is 2.08. The summed E-state index contributed by atoms with van der Waals surface area (Å²) in [6.45, 7) is 2.54. The summed E-state index contributed by atoms with van der Waals surface area (Å²) in [5.74, 6) is -0.722. The molecule has 0 aromatic heterocycles. The zero-order chi connectivity index (χ0) is 15.0. The minimum absolute atomic E-state index is 0.0375. The summed E-state index contributed by atoms with van der Waals surface area (Å²) in [5, 5.41) is 11.7. The van der Waals surface area contributed by atoms with E-state index in [1.165, 1.54) is 0 Å². The largest absolute Gasteiger partial charge is 0.481 e. The Morgan fingerprint density at radius 2 is 1.85 bits per heavy atom. The van der Waals surface area contributed by atoms with Gasteiger partial charge in [-0.1, -0.05) is 6.42 Å². The monoisotopic (exact) mass is 278 g/mol. The van der Waals surface area contributed by atoms with Gasteiger partial charge in [0, 0.05) is 17.7 Å². The molecule has 0 heterocycles. The van der Waals surface area contributed by atoms with Crippen molar-refractivity contribution >= 4 is 17.4 Å². The summed E-state index contributed by atoms with van der Waals surface area (Å²) in [4.78, 5) is 22.4. The molecule has 20 heavy (non-hydrogen) atoms. The zero-order valence-corrected chi connectivity index (χ0v) is 11.8. The third-order valence-electron chi connectivity index (χ3n) is 3.11. The Labute approximate surface area is 119 Å². The van der Waals surface area contributed by atoms with E-state index in [1.807, 2.05) is 6.92 Å². The number of hydrogen-bond donors (Lipinski definition) is 3. The molecule has 0 fully saturated rings. The van der Waals surface area contributed by atoms with Gasteiger partial charge in [0.25, 0.3) is 0 Å². The number of Topliss-reactive ketones (excluding diaryl/α,β-unsaturated/α-hetero) is 1. The fourth-order valence-corrected chi connectivity index (χ4v) is 1.89. The van der Waals surface area contributed by atoms with Crippen molar-refractivity contribution in [3.63, 3.8) is 0 Å². The number of nitrogen functional groups attached to an aromatic ring is 1. The number of anilines is 1. The first-order chi connectivity index (χ1) is 9.50. The van der Waals surface area contributed by atoms with Crippen molar-refractivity contribution in [1.82, 2.24) is 5.32 Å². The highest BCUT2D eigenvalue weighted by atomic mass is 16.4. The maximum Gasteiger partial charge on any atom is 0.303 e. The van der Waals surface area contributed by atoms with Gasteiger partial charge in [0.1, 0.15) is 0 Å². The van der Waals surface area contributed by atoms with Crippen molar-refractivity contribution in [1.29, 1.82) is 0 Å². The third-order valence-corrected chi connectivity index (χ3v) is 3.11. The molecule has 0 aliphatic rings. The van der Waals surface area contributed by atoms with Crippen molar-refractivity contribution in [3.05, 3.63) is 29.8 Å². The van der Waals surface area contributed by atoms with Crippen LogP contribution in [0.1, 0.15) is 43.0 Å². The molecule has 1 aromatic rings. The molecule has 0 spiro atoms. The van der Waals surface area contributed by atoms with Crippen molar-refractivity contribution in [2.45, 2.75) is 38.6 Å². The van der Waals surface area contributed by atoms with Gasteiger partial charge < -0.3 is 16.2 Å². The number of hydrogen-bond acceptors (Lipinski definition) is 4. The van der Waals surface area contributed by atoms with E-state index in [0.29, 0.717) is 24.2 Å². The Kier molecular flexibility index (Phi) is 6.73. The van der Waals surface area contributed by atoms with E-state index >= 15 is 0 Å². The van der Waals surface area contributed by atoms with Gasteiger partial charge in [0.15, 0.2) is 5.78 Å². The number of carboxylic acid groups (broad SMARTS) is 1. The number of unbranched alkanes of at least 4 members (excludes halogenated alkanes) is 2. The van der Waals surface area contributed by atoms with Crippen LogP contribution in [0.4, 0.5) is 5.69 Å². The SMILES string of the molecule is CC(NCCCCCC(=O)O)C(=O)c1ccc(N)cc1. The standard InChI is InChI=1S/C15H22N2O3/c1-11(17-10-4-2-3-5-14(18)19)15(20)12-6-8-13(16)9-7-12/h6-9,11,17H,2-5,10,16H2,1H3,(H,18,19). The molecular weight excluding hydrogens is 256 g/mol. The molecule has 110 valence electrons. The Hall–Kier alpha value is -1.88. The molecule has 0 aliphatic heterocycles. The van der Waals surface area contributed by atoms with Crippen LogP contribution >= 0.6 is 0 Å². The summed E-state index contributed by atoms with van der Waals surface area (Å²) >= 11 is 0. The van der Waals surface area contributed by atoms with Crippen molar-refractivity contribution in [3.8, 4) is 0 Å². The van der Waals surface area contributed by atoms with E-state index in [0.717, 1.165) is 12.8 Å². The molecule has 0 saturated heterocycles. The summed E-state index contributed by atoms with van der Waals surface area (Å²) in [7, 11) is 0. The fraction of sp³-hybridized carbons (Fsp3) is 0.467. The fourth-order valence-electron chi connectivity index (χ4n) is 1.89. The molecule has 1 atom stereocenters. The molecular formula is C15H22N2O3. The second kappa shape index (κ2) is 8.32. The van der Waals surface area contributed by atoms with Gasteiger partial charge in [-0.3, -0.25) is 9.59 Å². The number of benzene rings is 1. The maximum atomic E-state index is 12.1. The highest BCUT2D eigenvalue weighted by molar-refractivity contribution is 6.00. The smallest absolute Gasteiger partial charge is 0.303 e. The van der Waals surface area contributed by atoms with Crippen molar-refractivity contribution in [2.24, 2.45) is 0 Å². The molecule has 1 aromatic carbocycles. The van der Waals surface area contributed by atoms with Crippen LogP contribution in [0, 0.1) is 0 Å². The van der Waals surface area contributed by atoms with Gasteiger partial charge in [0.2, 0.25) is 0 Å². The lowest BCUT2D eigenvalue weighted by molar-refractivity contribution is -0.137. The lowest BCUT2D eigenvalue weighted by atomic mass is 10.0. The molecule has 0 saturated carbocycles.